The topological polar surface area (TPSA) is 73.6 Å². The third-order valence-corrected chi connectivity index (χ3v) is 5.59. The van der Waals surface area contributed by atoms with Gasteiger partial charge in [-0.25, -0.2) is 4.68 Å². The molecule has 31 heavy (non-hydrogen) atoms. The van der Waals surface area contributed by atoms with Crippen molar-refractivity contribution in [2.45, 2.75) is 57.7 Å². The Morgan fingerprint density at radius 1 is 1.06 bits per heavy atom. The van der Waals surface area contributed by atoms with Crippen LogP contribution in [0.15, 0.2) is 41.6 Å². The molecule has 1 fully saturated rings. The SMILES string of the molecule is Cc1cnc(-c2cc(C3CCCCC3)c(=O)n(Cc3ncccc3C(F)(F)F)n2)cn1. The van der Waals surface area contributed by atoms with Crippen LogP contribution in [0.2, 0.25) is 0 Å². The zero-order valence-electron chi connectivity index (χ0n) is 17.1. The minimum Gasteiger partial charge on any atom is -0.267 e. The van der Waals surface area contributed by atoms with E-state index in [1.54, 1.807) is 25.4 Å². The van der Waals surface area contributed by atoms with Gasteiger partial charge in [0.05, 0.1) is 29.7 Å². The van der Waals surface area contributed by atoms with Crippen molar-refractivity contribution in [3.8, 4) is 11.4 Å². The molecule has 4 rings (SSSR count). The Morgan fingerprint density at radius 3 is 2.52 bits per heavy atom. The van der Waals surface area contributed by atoms with Gasteiger partial charge in [0.25, 0.3) is 5.56 Å². The summed E-state index contributed by atoms with van der Waals surface area (Å²) < 4.78 is 41.4. The number of nitrogens with zero attached hydrogens (tertiary/aromatic N) is 5. The summed E-state index contributed by atoms with van der Waals surface area (Å²) >= 11 is 0. The molecule has 1 aliphatic rings. The molecule has 0 radical (unpaired) electrons. The Labute approximate surface area is 177 Å². The first-order chi connectivity index (χ1) is 14.8. The maximum Gasteiger partial charge on any atom is 0.418 e. The molecule has 0 N–H and O–H groups in total. The van der Waals surface area contributed by atoms with Crippen LogP contribution in [0.3, 0.4) is 0 Å². The highest BCUT2D eigenvalue weighted by Gasteiger charge is 2.34. The molecule has 6 nitrogen and oxygen atoms in total. The minimum absolute atomic E-state index is 0.0541. The number of halogens is 3. The fourth-order valence-electron chi connectivity index (χ4n) is 3.99. The van der Waals surface area contributed by atoms with Gasteiger partial charge in [0.2, 0.25) is 0 Å². The summed E-state index contributed by atoms with van der Waals surface area (Å²) in [4.78, 5) is 25.7. The third kappa shape index (κ3) is 4.65. The molecular weight excluding hydrogens is 407 g/mol. The van der Waals surface area contributed by atoms with Crippen LogP contribution in [0.5, 0.6) is 0 Å². The maximum absolute atomic E-state index is 13.4. The van der Waals surface area contributed by atoms with Gasteiger partial charge in [0.15, 0.2) is 0 Å². The largest absolute Gasteiger partial charge is 0.418 e. The lowest BCUT2D eigenvalue weighted by Crippen LogP contribution is -2.30. The molecule has 0 spiro atoms. The molecule has 3 aromatic heterocycles. The summed E-state index contributed by atoms with van der Waals surface area (Å²) in [5.41, 5.74) is 0.680. The van der Waals surface area contributed by atoms with E-state index in [-0.39, 0.29) is 23.7 Å². The van der Waals surface area contributed by atoms with Crippen LogP contribution in [0, 0.1) is 6.92 Å². The van der Waals surface area contributed by atoms with Gasteiger partial charge < -0.3 is 0 Å². The Hall–Kier alpha value is -3.10. The Balaban J connectivity index is 1.82. The summed E-state index contributed by atoms with van der Waals surface area (Å²) in [7, 11) is 0. The van der Waals surface area contributed by atoms with Crippen molar-refractivity contribution in [1.82, 2.24) is 24.7 Å². The molecule has 0 atom stereocenters. The molecule has 0 saturated heterocycles. The molecule has 0 aliphatic heterocycles. The summed E-state index contributed by atoms with van der Waals surface area (Å²) in [6.45, 7) is 1.43. The first-order valence-corrected chi connectivity index (χ1v) is 10.2. The lowest BCUT2D eigenvalue weighted by atomic mass is 9.84. The van der Waals surface area contributed by atoms with Gasteiger partial charge in [0.1, 0.15) is 11.4 Å². The maximum atomic E-state index is 13.4. The molecule has 1 saturated carbocycles. The highest BCUT2D eigenvalue weighted by molar-refractivity contribution is 5.53. The van der Waals surface area contributed by atoms with E-state index in [4.69, 9.17) is 0 Å². The lowest BCUT2D eigenvalue weighted by molar-refractivity contribution is -0.138. The predicted octanol–water partition coefficient (Wildman–Crippen LogP) is 4.52. The number of aromatic nitrogens is 5. The van der Waals surface area contributed by atoms with Crippen molar-refractivity contribution < 1.29 is 13.2 Å². The highest BCUT2D eigenvalue weighted by atomic mass is 19.4. The van der Waals surface area contributed by atoms with Crippen LogP contribution in [0.25, 0.3) is 11.4 Å². The predicted molar refractivity (Wildman–Crippen MR) is 108 cm³/mol. The smallest absolute Gasteiger partial charge is 0.267 e. The number of rotatable bonds is 4. The van der Waals surface area contributed by atoms with Crippen LogP contribution in [0.4, 0.5) is 13.2 Å². The summed E-state index contributed by atoms with van der Waals surface area (Å²) in [5.74, 6) is 0.0541. The molecule has 0 bridgehead atoms. The van der Waals surface area contributed by atoms with Crippen LogP contribution in [-0.4, -0.2) is 24.7 Å². The van der Waals surface area contributed by atoms with Crippen LogP contribution in [0.1, 0.15) is 60.5 Å². The fraction of sp³-hybridized carbons (Fsp3) is 0.409. The fourth-order valence-corrected chi connectivity index (χ4v) is 3.99. The normalized spacial score (nSPS) is 15.2. The molecule has 0 unspecified atom stereocenters. The van der Waals surface area contributed by atoms with E-state index in [0.717, 1.165) is 48.5 Å². The van der Waals surface area contributed by atoms with Crippen LogP contribution >= 0.6 is 0 Å². The average molecular weight is 429 g/mol. The standard InChI is InChI=1S/C22H22F3N5O/c1-14-11-28-19(12-27-14)18-10-16(15-6-3-2-4-7-15)21(31)30(29-18)13-20-17(22(23,24)25)8-5-9-26-20/h5,8-12,15H,2-4,6-7,13H2,1H3. The summed E-state index contributed by atoms with van der Waals surface area (Å²) in [5, 5.41) is 4.34. The van der Waals surface area contributed by atoms with Crippen molar-refractivity contribution in [1.29, 1.82) is 0 Å². The molecule has 0 aromatic carbocycles. The molecule has 3 heterocycles. The number of hydrogen-bond acceptors (Lipinski definition) is 5. The Kier molecular flexibility index (Phi) is 5.84. The first kappa shape index (κ1) is 21.1. The molecular formula is C22H22F3N5O. The molecule has 1 aliphatic carbocycles. The lowest BCUT2D eigenvalue weighted by Gasteiger charge is -2.22. The molecule has 162 valence electrons. The monoisotopic (exact) mass is 429 g/mol. The van der Waals surface area contributed by atoms with Gasteiger partial charge in [-0.1, -0.05) is 19.3 Å². The van der Waals surface area contributed by atoms with Crippen molar-refractivity contribution in [3.05, 3.63) is 69.7 Å². The third-order valence-electron chi connectivity index (χ3n) is 5.59. The van der Waals surface area contributed by atoms with E-state index in [1.807, 2.05) is 0 Å². The van der Waals surface area contributed by atoms with Crippen molar-refractivity contribution in [2.75, 3.05) is 0 Å². The minimum atomic E-state index is -4.57. The number of hydrogen-bond donors (Lipinski definition) is 0. The van der Waals surface area contributed by atoms with E-state index in [1.165, 1.54) is 12.3 Å². The van der Waals surface area contributed by atoms with Gasteiger partial charge in [-0.15, -0.1) is 0 Å². The Morgan fingerprint density at radius 2 is 1.84 bits per heavy atom. The zero-order chi connectivity index (χ0) is 22.0. The van der Waals surface area contributed by atoms with E-state index in [9.17, 15) is 18.0 Å². The van der Waals surface area contributed by atoms with Crippen LogP contribution < -0.4 is 5.56 Å². The second-order valence-corrected chi connectivity index (χ2v) is 7.82. The number of pyridine rings is 1. The van der Waals surface area contributed by atoms with Crippen molar-refractivity contribution in [2.24, 2.45) is 0 Å². The Bertz CT molecular complexity index is 1120. The second-order valence-electron chi connectivity index (χ2n) is 7.82. The van der Waals surface area contributed by atoms with E-state index >= 15 is 0 Å². The van der Waals surface area contributed by atoms with Crippen LogP contribution in [-0.2, 0) is 12.7 Å². The van der Waals surface area contributed by atoms with Gasteiger partial charge in [-0.05, 0) is 43.9 Å². The molecule has 3 aromatic rings. The number of aryl methyl sites for hydroxylation is 1. The van der Waals surface area contributed by atoms with Crippen molar-refractivity contribution in [3.63, 3.8) is 0 Å². The average Bonchev–Trinajstić information content (AvgIpc) is 2.76. The highest BCUT2D eigenvalue weighted by Crippen LogP contribution is 2.33. The quantitative estimate of drug-likeness (QED) is 0.610. The van der Waals surface area contributed by atoms with Gasteiger partial charge in [0, 0.05) is 18.0 Å². The molecule has 9 heteroatoms. The van der Waals surface area contributed by atoms with E-state index < -0.39 is 11.7 Å². The van der Waals surface area contributed by atoms with Crippen molar-refractivity contribution >= 4 is 0 Å². The second kappa shape index (κ2) is 8.56. The summed E-state index contributed by atoms with van der Waals surface area (Å²) in [6.07, 6.45) is 4.76. The summed E-state index contributed by atoms with van der Waals surface area (Å²) in [6, 6.07) is 3.91. The number of alkyl halides is 3. The first-order valence-electron chi connectivity index (χ1n) is 10.2. The van der Waals surface area contributed by atoms with E-state index in [2.05, 4.69) is 20.1 Å². The van der Waals surface area contributed by atoms with Gasteiger partial charge in [-0.2, -0.15) is 18.3 Å². The van der Waals surface area contributed by atoms with Gasteiger partial charge in [-0.3, -0.25) is 19.7 Å². The van der Waals surface area contributed by atoms with E-state index in [0.29, 0.717) is 17.0 Å². The zero-order valence-corrected chi connectivity index (χ0v) is 17.1. The van der Waals surface area contributed by atoms with Gasteiger partial charge >= 0.3 is 6.18 Å². The molecule has 0 amide bonds.